The van der Waals surface area contributed by atoms with Gasteiger partial charge in [-0.15, -0.1) is 0 Å². The Morgan fingerprint density at radius 3 is 2.40 bits per heavy atom. The summed E-state index contributed by atoms with van der Waals surface area (Å²) in [6.07, 6.45) is -0.917. The molecule has 0 saturated heterocycles. The standard InChI is InChI=1S/C10H12O5/c11-5-9(6-12)15-10(14)7-1-3-8(13)4-2-7/h1-4,9,11-13H,5-6H2/i/hD. The van der Waals surface area contributed by atoms with E-state index in [0.717, 1.165) is 0 Å². The molecule has 5 heteroatoms. The van der Waals surface area contributed by atoms with Gasteiger partial charge < -0.3 is 20.1 Å². The number of aliphatic hydroxyl groups is 2. The summed E-state index contributed by atoms with van der Waals surface area (Å²) in [5.41, 5.74) is 0.257. The predicted molar refractivity (Wildman–Crippen MR) is 51.5 cm³/mol. The molecule has 0 aliphatic carbocycles. The lowest BCUT2D eigenvalue weighted by molar-refractivity contribution is -0.00544. The molecule has 0 bridgehead atoms. The minimum Gasteiger partial charge on any atom is -0.508 e. The molecule has 0 saturated carbocycles. The van der Waals surface area contributed by atoms with Gasteiger partial charge in [0, 0.05) is 0 Å². The number of hydrogen-bond donors (Lipinski definition) is 3. The number of aliphatic hydroxyl groups excluding tert-OH is 2. The minimum absolute atomic E-state index is 0.257. The molecule has 82 valence electrons. The SMILES string of the molecule is [2H]Oc1ccc(C(=O)OC(CO)CO)cc1. The lowest BCUT2D eigenvalue weighted by Gasteiger charge is -2.12. The zero-order valence-corrected chi connectivity index (χ0v) is 7.92. The van der Waals surface area contributed by atoms with Gasteiger partial charge in [-0.05, 0) is 24.3 Å². The summed E-state index contributed by atoms with van der Waals surface area (Å²) in [7, 11) is 0. The maximum atomic E-state index is 11.4. The zero-order valence-electron chi connectivity index (χ0n) is 8.92. The van der Waals surface area contributed by atoms with E-state index in [-0.39, 0.29) is 5.56 Å². The molecule has 0 spiro atoms. The summed E-state index contributed by atoms with van der Waals surface area (Å²) >= 11 is 0. The fourth-order valence-electron chi connectivity index (χ4n) is 0.943. The Morgan fingerprint density at radius 2 is 1.93 bits per heavy atom. The number of phenols is 1. The highest BCUT2D eigenvalue weighted by Gasteiger charge is 2.13. The van der Waals surface area contributed by atoms with Gasteiger partial charge in [0.1, 0.15) is 11.9 Å². The van der Waals surface area contributed by atoms with Crippen LogP contribution >= 0.6 is 0 Å². The van der Waals surface area contributed by atoms with Crippen molar-refractivity contribution in [2.24, 2.45) is 0 Å². The van der Waals surface area contributed by atoms with E-state index in [4.69, 9.17) is 16.4 Å². The van der Waals surface area contributed by atoms with Crippen LogP contribution in [0.15, 0.2) is 24.3 Å². The Bertz CT molecular complexity index is 334. The van der Waals surface area contributed by atoms with Crippen LogP contribution in [0.5, 0.6) is 5.75 Å². The van der Waals surface area contributed by atoms with Gasteiger partial charge in [-0.2, -0.15) is 0 Å². The number of aromatic hydroxyl groups is 1. The van der Waals surface area contributed by atoms with Crippen molar-refractivity contribution in [1.82, 2.24) is 0 Å². The van der Waals surface area contributed by atoms with Gasteiger partial charge in [-0.1, -0.05) is 0 Å². The maximum Gasteiger partial charge on any atom is 0.338 e. The van der Waals surface area contributed by atoms with E-state index in [9.17, 15) is 4.79 Å². The highest BCUT2D eigenvalue weighted by Crippen LogP contribution is 2.11. The molecule has 0 atom stereocenters. The van der Waals surface area contributed by atoms with E-state index in [1.165, 1.54) is 24.3 Å². The minimum atomic E-state index is -0.917. The third-order valence-corrected chi connectivity index (χ3v) is 1.77. The summed E-state index contributed by atoms with van der Waals surface area (Å²) in [5.74, 6) is -0.345. The van der Waals surface area contributed by atoms with Crippen LogP contribution in [0.4, 0.5) is 0 Å². The van der Waals surface area contributed by atoms with Crippen LogP contribution in [-0.4, -0.2) is 42.0 Å². The van der Waals surface area contributed by atoms with Gasteiger partial charge in [0.25, 0.3) is 1.43 Å². The second-order valence-corrected chi connectivity index (χ2v) is 2.92. The van der Waals surface area contributed by atoms with Crippen molar-refractivity contribution in [3.05, 3.63) is 29.8 Å². The first kappa shape index (κ1) is 9.95. The molecule has 0 aromatic heterocycles. The number of rotatable bonds is 5. The first-order valence-electron chi connectivity index (χ1n) is 4.78. The van der Waals surface area contributed by atoms with E-state index >= 15 is 0 Å². The highest BCUT2D eigenvalue weighted by molar-refractivity contribution is 5.89. The largest absolute Gasteiger partial charge is 0.508 e. The quantitative estimate of drug-likeness (QED) is 0.595. The van der Waals surface area contributed by atoms with E-state index in [2.05, 4.69) is 5.11 Å². The van der Waals surface area contributed by atoms with E-state index in [0.29, 0.717) is 5.75 Å². The number of carbonyl (C=O) groups is 1. The first-order valence-corrected chi connectivity index (χ1v) is 4.37. The number of carbonyl (C=O) groups excluding carboxylic acids is 1. The molecule has 3 N–H and O–H groups in total. The van der Waals surface area contributed by atoms with Crippen LogP contribution in [0, 0.1) is 0 Å². The van der Waals surface area contributed by atoms with Gasteiger partial charge in [0.15, 0.2) is 0 Å². The molecule has 0 unspecified atom stereocenters. The third kappa shape index (κ3) is 3.23. The molecule has 1 aromatic carbocycles. The van der Waals surface area contributed by atoms with Crippen LogP contribution in [0.1, 0.15) is 10.4 Å². The monoisotopic (exact) mass is 213 g/mol. The molecule has 0 heterocycles. The topological polar surface area (TPSA) is 87.0 Å². The first-order chi connectivity index (χ1) is 7.71. The van der Waals surface area contributed by atoms with Crippen LogP contribution in [-0.2, 0) is 4.74 Å². The fraction of sp³-hybridized carbons (Fsp3) is 0.300. The normalized spacial score (nSPS) is 11.0. The molecule has 0 fully saturated rings. The molecule has 5 nitrogen and oxygen atoms in total. The van der Waals surface area contributed by atoms with Gasteiger partial charge in [-0.25, -0.2) is 4.79 Å². The van der Waals surface area contributed by atoms with Gasteiger partial charge >= 0.3 is 5.97 Å². The molecular weight excluding hydrogens is 200 g/mol. The molecule has 0 aliphatic rings. The molecule has 0 amide bonds. The van der Waals surface area contributed by atoms with E-state index in [1.807, 2.05) is 0 Å². The summed E-state index contributed by atoms with van der Waals surface area (Å²) in [6.45, 7) is -0.869. The fourth-order valence-corrected chi connectivity index (χ4v) is 0.943. The number of ether oxygens (including phenoxy) is 1. The molecule has 15 heavy (non-hydrogen) atoms. The number of esters is 1. The van der Waals surface area contributed by atoms with Gasteiger partial charge in [-0.3, -0.25) is 0 Å². The van der Waals surface area contributed by atoms with Crippen LogP contribution in [0.2, 0.25) is 0 Å². The average molecular weight is 213 g/mol. The second kappa shape index (κ2) is 5.33. The Kier molecular flexibility index (Phi) is 3.53. The Labute approximate surface area is 88.0 Å². The summed E-state index contributed by atoms with van der Waals surface area (Å²) in [6, 6.07) is 5.74. The highest BCUT2D eigenvalue weighted by atomic mass is 16.6. The predicted octanol–water partition coefficient (Wildman–Crippen LogP) is -0.0978. The second-order valence-electron chi connectivity index (χ2n) is 2.92. The van der Waals surface area contributed by atoms with Crippen molar-refractivity contribution in [3.8, 4) is 5.75 Å². The van der Waals surface area contributed by atoms with Crippen molar-refractivity contribution in [3.63, 3.8) is 0 Å². The van der Waals surface area contributed by atoms with Crippen molar-refractivity contribution in [2.45, 2.75) is 6.10 Å². The van der Waals surface area contributed by atoms with Crippen molar-refractivity contribution in [2.75, 3.05) is 13.2 Å². The van der Waals surface area contributed by atoms with Crippen LogP contribution in [0.3, 0.4) is 0 Å². The van der Waals surface area contributed by atoms with Crippen LogP contribution < -0.4 is 0 Å². The lowest BCUT2D eigenvalue weighted by atomic mass is 10.2. The Balaban J connectivity index is 2.65. The molecule has 1 aromatic rings. The Hall–Kier alpha value is -1.59. The third-order valence-electron chi connectivity index (χ3n) is 1.77. The number of phenolic OH excluding ortho intramolecular Hbond substituents is 1. The number of benzene rings is 1. The molecule has 1 rings (SSSR count). The average Bonchev–Trinajstić information content (AvgIpc) is 2.35. The van der Waals surface area contributed by atoms with Gasteiger partial charge in [0.2, 0.25) is 0 Å². The summed E-state index contributed by atoms with van der Waals surface area (Å²) in [5, 5.41) is 21.6. The zero-order chi connectivity index (χ0) is 12.0. The number of hydrogen-bond acceptors (Lipinski definition) is 5. The van der Waals surface area contributed by atoms with E-state index in [1.54, 1.807) is 0 Å². The molecule has 0 aliphatic heterocycles. The van der Waals surface area contributed by atoms with Gasteiger partial charge in [0.05, 0.1) is 18.8 Å². The van der Waals surface area contributed by atoms with E-state index < -0.39 is 25.3 Å². The summed E-state index contributed by atoms with van der Waals surface area (Å²) < 4.78 is 11.4. The maximum absolute atomic E-state index is 11.4. The smallest absolute Gasteiger partial charge is 0.338 e. The van der Waals surface area contributed by atoms with Crippen molar-refractivity contribution in [1.29, 1.82) is 1.43 Å². The molecule has 0 radical (unpaired) electrons. The summed E-state index contributed by atoms with van der Waals surface area (Å²) in [4.78, 5) is 11.4. The lowest BCUT2D eigenvalue weighted by Crippen LogP contribution is -2.25. The van der Waals surface area contributed by atoms with Crippen molar-refractivity contribution >= 4 is 5.97 Å². The van der Waals surface area contributed by atoms with Crippen molar-refractivity contribution < 1.29 is 24.9 Å². The Morgan fingerprint density at radius 1 is 1.33 bits per heavy atom. The van der Waals surface area contributed by atoms with Crippen LogP contribution in [0.25, 0.3) is 0 Å². The molecular formula is C10H12O5.